The second kappa shape index (κ2) is 18.4. The van der Waals surface area contributed by atoms with E-state index in [0.29, 0.717) is 12.2 Å². The minimum atomic E-state index is -1.09. The van der Waals surface area contributed by atoms with E-state index in [0.717, 1.165) is 5.56 Å². The highest BCUT2D eigenvalue weighted by Crippen LogP contribution is 2.29. The highest BCUT2D eigenvalue weighted by atomic mass is 16.5. The van der Waals surface area contributed by atoms with Gasteiger partial charge in [-0.05, 0) is 50.9 Å². The van der Waals surface area contributed by atoms with Gasteiger partial charge in [-0.25, -0.2) is 0 Å². The molecular formula is C31H50N4O10. The lowest BCUT2D eigenvalue weighted by Gasteiger charge is -2.35. The number of likely N-dealkylation sites (N-methyl/N-ethyl adjacent to an activating group) is 1. The van der Waals surface area contributed by atoms with Crippen molar-refractivity contribution >= 4 is 35.5 Å². The zero-order valence-corrected chi connectivity index (χ0v) is 27.5. The number of carboxylic acid groups (broad SMARTS) is 2. The van der Waals surface area contributed by atoms with Crippen molar-refractivity contribution in [1.82, 2.24) is 14.7 Å². The second-order valence-electron chi connectivity index (χ2n) is 12.3. The van der Waals surface area contributed by atoms with Crippen LogP contribution in [0.15, 0.2) is 24.3 Å². The molecule has 0 saturated carbocycles. The molecule has 45 heavy (non-hydrogen) atoms. The molecule has 1 amide bonds. The maximum atomic E-state index is 12.9. The normalized spacial score (nSPS) is 12.7. The lowest BCUT2D eigenvalue weighted by atomic mass is 9.81. The Bertz CT molecular complexity index is 1120. The Kier molecular flexibility index (Phi) is 16.1. The van der Waals surface area contributed by atoms with Gasteiger partial charge in [0.05, 0.1) is 46.0 Å². The van der Waals surface area contributed by atoms with Gasteiger partial charge in [0.1, 0.15) is 0 Å². The fourth-order valence-corrected chi connectivity index (χ4v) is 5.09. The summed E-state index contributed by atoms with van der Waals surface area (Å²) in [5, 5.41) is 31.9. The Hall–Kier alpha value is -3.59. The molecule has 4 N–H and O–H groups in total. The summed E-state index contributed by atoms with van der Waals surface area (Å²) >= 11 is 0. The largest absolute Gasteiger partial charge is 0.480 e. The first kappa shape index (κ1) is 39.4. The Morgan fingerprint density at radius 2 is 1.31 bits per heavy atom. The van der Waals surface area contributed by atoms with Crippen LogP contribution in [-0.4, -0.2) is 138 Å². The SMILES string of the molecule is CCN(CCN(CC(=O)O)CC(Cc1ccc(NC(=O)C(C)(C)CC(C)(C)O)cc1)N(CC(=O)OC)CC(=O)OC)CC(=O)O. The molecule has 0 spiro atoms. The van der Waals surface area contributed by atoms with Gasteiger partial charge in [0, 0.05) is 36.8 Å². The number of carbonyl (C=O) groups excluding carboxylic acids is 3. The van der Waals surface area contributed by atoms with E-state index in [1.54, 1.807) is 66.7 Å². The molecule has 254 valence electrons. The molecule has 1 unspecified atom stereocenters. The van der Waals surface area contributed by atoms with E-state index in [2.05, 4.69) is 5.32 Å². The molecule has 0 aliphatic heterocycles. The van der Waals surface area contributed by atoms with Crippen LogP contribution in [0.5, 0.6) is 0 Å². The molecule has 0 fully saturated rings. The molecule has 0 aromatic heterocycles. The first-order valence-electron chi connectivity index (χ1n) is 14.8. The Balaban J connectivity index is 3.32. The summed E-state index contributed by atoms with van der Waals surface area (Å²) in [5.41, 5.74) is -0.546. The first-order valence-corrected chi connectivity index (χ1v) is 14.8. The quantitative estimate of drug-likeness (QED) is 0.141. The Morgan fingerprint density at radius 3 is 1.76 bits per heavy atom. The summed E-state index contributed by atoms with van der Waals surface area (Å²) in [6.45, 7) is 8.60. The number of hydrogen-bond donors (Lipinski definition) is 4. The first-order chi connectivity index (χ1) is 20.9. The van der Waals surface area contributed by atoms with Crippen molar-refractivity contribution in [3.05, 3.63) is 29.8 Å². The predicted molar refractivity (Wildman–Crippen MR) is 167 cm³/mol. The third-order valence-electron chi connectivity index (χ3n) is 7.17. The summed E-state index contributed by atoms with van der Waals surface area (Å²) < 4.78 is 9.70. The smallest absolute Gasteiger partial charge is 0.319 e. The third kappa shape index (κ3) is 15.8. The van der Waals surface area contributed by atoms with Gasteiger partial charge in [-0.15, -0.1) is 0 Å². The monoisotopic (exact) mass is 638 g/mol. The van der Waals surface area contributed by atoms with Crippen LogP contribution in [0.1, 0.15) is 46.6 Å². The lowest BCUT2D eigenvalue weighted by molar-refractivity contribution is -0.147. The van der Waals surface area contributed by atoms with E-state index in [1.165, 1.54) is 14.2 Å². The van der Waals surface area contributed by atoms with E-state index < -0.39 is 40.9 Å². The van der Waals surface area contributed by atoms with Gasteiger partial charge in [-0.2, -0.15) is 0 Å². The van der Waals surface area contributed by atoms with Crippen LogP contribution < -0.4 is 5.32 Å². The number of ether oxygens (including phenoxy) is 2. The topological polar surface area (TPSA) is 186 Å². The number of esters is 2. The average molecular weight is 639 g/mol. The zero-order valence-electron chi connectivity index (χ0n) is 27.5. The van der Waals surface area contributed by atoms with E-state index in [-0.39, 0.29) is 64.6 Å². The van der Waals surface area contributed by atoms with Crippen LogP contribution in [0, 0.1) is 5.41 Å². The van der Waals surface area contributed by atoms with E-state index in [1.807, 2.05) is 6.92 Å². The van der Waals surface area contributed by atoms with E-state index >= 15 is 0 Å². The number of benzene rings is 1. The molecule has 14 heteroatoms. The third-order valence-corrected chi connectivity index (χ3v) is 7.17. The van der Waals surface area contributed by atoms with Gasteiger partial charge in [0.2, 0.25) is 5.91 Å². The number of carbonyl (C=O) groups is 5. The van der Waals surface area contributed by atoms with E-state index in [4.69, 9.17) is 9.47 Å². The predicted octanol–water partition coefficient (Wildman–Crippen LogP) is 1.16. The van der Waals surface area contributed by atoms with Crippen LogP contribution in [-0.2, 0) is 39.9 Å². The second-order valence-corrected chi connectivity index (χ2v) is 12.3. The number of methoxy groups -OCH3 is 2. The van der Waals surface area contributed by atoms with Gasteiger partial charge in [0.15, 0.2) is 0 Å². The van der Waals surface area contributed by atoms with Gasteiger partial charge in [-0.3, -0.25) is 38.7 Å². The molecule has 0 aliphatic rings. The number of carboxylic acids is 2. The molecular weight excluding hydrogens is 588 g/mol. The molecule has 0 bridgehead atoms. The molecule has 1 rings (SSSR count). The van der Waals surface area contributed by atoms with Crippen molar-refractivity contribution in [2.45, 2.75) is 59.1 Å². The maximum Gasteiger partial charge on any atom is 0.319 e. The number of aliphatic hydroxyl groups is 1. The van der Waals surface area contributed by atoms with Crippen LogP contribution in [0.2, 0.25) is 0 Å². The van der Waals surface area contributed by atoms with Crippen molar-refractivity contribution in [2.75, 3.05) is 71.9 Å². The average Bonchev–Trinajstić information content (AvgIpc) is 2.93. The van der Waals surface area contributed by atoms with Crippen LogP contribution in [0.3, 0.4) is 0 Å². The number of nitrogens with one attached hydrogen (secondary N) is 1. The van der Waals surface area contributed by atoms with Crippen LogP contribution in [0.25, 0.3) is 0 Å². The number of amides is 1. The van der Waals surface area contributed by atoms with Gasteiger partial charge in [-0.1, -0.05) is 32.9 Å². The maximum absolute atomic E-state index is 12.9. The summed E-state index contributed by atoms with van der Waals surface area (Å²) in [6, 6.07) is 6.44. The number of rotatable bonds is 21. The van der Waals surface area contributed by atoms with Gasteiger partial charge >= 0.3 is 23.9 Å². The molecule has 14 nitrogen and oxygen atoms in total. The summed E-state index contributed by atoms with van der Waals surface area (Å²) in [4.78, 5) is 65.5. The van der Waals surface area contributed by atoms with Crippen molar-refractivity contribution in [1.29, 1.82) is 0 Å². The minimum absolute atomic E-state index is 0.120. The molecule has 0 aliphatic carbocycles. The molecule has 0 saturated heterocycles. The number of nitrogens with zero attached hydrogens (tertiary/aromatic N) is 3. The lowest BCUT2D eigenvalue weighted by Crippen LogP contribution is -2.51. The van der Waals surface area contributed by atoms with Gasteiger partial charge in [0.25, 0.3) is 0 Å². The minimum Gasteiger partial charge on any atom is -0.480 e. The molecule has 1 aromatic carbocycles. The van der Waals surface area contributed by atoms with Crippen molar-refractivity contribution in [2.24, 2.45) is 5.41 Å². The number of anilines is 1. The molecule has 1 aromatic rings. The number of hydrogen-bond acceptors (Lipinski definition) is 11. The highest BCUT2D eigenvalue weighted by molar-refractivity contribution is 5.94. The van der Waals surface area contributed by atoms with Crippen molar-refractivity contribution in [3.63, 3.8) is 0 Å². The number of aliphatic carboxylic acids is 2. The fraction of sp³-hybridized carbons (Fsp3) is 0.645. The van der Waals surface area contributed by atoms with Crippen molar-refractivity contribution in [3.8, 4) is 0 Å². The van der Waals surface area contributed by atoms with E-state index in [9.17, 15) is 39.3 Å². The fourth-order valence-electron chi connectivity index (χ4n) is 5.09. The Morgan fingerprint density at radius 1 is 0.822 bits per heavy atom. The highest BCUT2D eigenvalue weighted by Gasteiger charge is 2.34. The summed E-state index contributed by atoms with van der Waals surface area (Å²) in [6.07, 6.45) is 0.538. The van der Waals surface area contributed by atoms with Crippen LogP contribution >= 0.6 is 0 Å². The molecule has 0 heterocycles. The standard InChI is InChI=1S/C31H50N4O10/c1-8-33(17-25(36)37)13-14-34(18-26(38)39)16-24(35(19-27(40)44-6)20-28(41)45-7)15-22-9-11-23(12-10-22)32-29(42)30(2,3)21-31(4,5)43/h9-12,24,43H,8,13-21H2,1-7H3,(H,32,42)(H,36,37)(H,38,39). The molecule has 0 radical (unpaired) electrons. The zero-order chi connectivity index (χ0) is 34.4. The molecule has 1 atom stereocenters. The Labute approximate surface area is 265 Å². The van der Waals surface area contributed by atoms with Crippen LogP contribution in [0.4, 0.5) is 5.69 Å². The van der Waals surface area contributed by atoms with Crippen molar-refractivity contribution < 1.29 is 48.8 Å². The summed E-state index contributed by atoms with van der Waals surface area (Å²) in [7, 11) is 2.45. The summed E-state index contributed by atoms with van der Waals surface area (Å²) in [5.74, 6) is -3.54. The van der Waals surface area contributed by atoms with Gasteiger partial charge < -0.3 is 30.1 Å².